The van der Waals surface area contributed by atoms with E-state index in [0.717, 1.165) is 11.8 Å². The first-order valence-electron chi connectivity index (χ1n) is 6.89. The van der Waals surface area contributed by atoms with Gasteiger partial charge in [0.05, 0.1) is 5.25 Å². The average molecular weight is 349 g/mol. The fraction of sp³-hybridized carbons (Fsp3) is 0.214. The first-order valence-corrected chi connectivity index (χ1v) is 7.77. The monoisotopic (exact) mass is 349 g/mol. The number of hydrogen-bond donors (Lipinski definition) is 4. The van der Waals surface area contributed by atoms with Crippen LogP contribution in [0.1, 0.15) is 13.8 Å². The van der Waals surface area contributed by atoms with Crippen LogP contribution in [0.25, 0.3) is 0 Å². The zero-order valence-electron chi connectivity index (χ0n) is 12.9. The molecule has 10 heteroatoms. The number of H-pyrrole nitrogens is 2. The molecule has 1 unspecified atom stereocenters. The van der Waals surface area contributed by atoms with E-state index in [1.807, 2.05) is 4.98 Å². The summed E-state index contributed by atoms with van der Waals surface area (Å²) < 4.78 is 0. The van der Waals surface area contributed by atoms with Gasteiger partial charge in [-0.2, -0.15) is 5.10 Å². The van der Waals surface area contributed by atoms with Gasteiger partial charge in [-0.25, -0.2) is 9.89 Å². The maximum Gasteiger partial charge on any atom is 0.342 e. The van der Waals surface area contributed by atoms with E-state index in [4.69, 9.17) is 0 Å². The summed E-state index contributed by atoms with van der Waals surface area (Å²) >= 11 is 0.924. The highest BCUT2D eigenvalue weighted by atomic mass is 32.2. The minimum atomic E-state index is -0.708. The maximum absolute atomic E-state index is 12.1. The Kier molecular flexibility index (Phi) is 5.53. The summed E-state index contributed by atoms with van der Waals surface area (Å²) in [6, 6.07) is 6.60. The van der Waals surface area contributed by atoms with Gasteiger partial charge in [0.15, 0.2) is 5.03 Å². The van der Waals surface area contributed by atoms with Crippen LogP contribution in [0.4, 0.5) is 11.4 Å². The van der Waals surface area contributed by atoms with Crippen molar-refractivity contribution in [3.63, 3.8) is 0 Å². The van der Waals surface area contributed by atoms with Gasteiger partial charge < -0.3 is 10.6 Å². The molecule has 0 bridgehead atoms. The molecule has 24 heavy (non-hydrogen) atoms. The summed E-state index contributed by atoms with van der Waals surface area (Å²) in [7, 11) is 0. The van der Waals surface area contributed by atoms with E-state index in [1.165, 1.54) is 6.92 Å². The zero-order valence-corrected chi connectivity index (χ0v) is 13.7. The number of aromatic amines is 2. The van der Waals surface area contributed by atoms with E-state index < -0.39 is 16.5 Å². The highest BCUT2D eigenvalue weighted by molar-refractivity contribution is 8.00. The first kappa shape index (κ1) is 17.5. The molecular formula is C14H15N5O4S. The van der Waals surface area contributed by atoms with Gasteiger partial charge in [-0.05, 0) is 31.2 Å². The number of carbonyl (C=O) groups is 2. The molecule has 0 aliphatic carbocycles. The SMILES string of the molecule is CC(=O)Nc1ccc(NC(=O)C(C)Sc2n[nH]c(=O)[nH]c2=O)cc1. The molecule has 0 aliphatic heterocycles. The van der Waals surface area contributed by atoms with Crippen LogP contribution < -0.4 is 21.9 Å². The molecule has 9 nitrogen and oxygen atoms in total. The normalized spacial score (nSPS) is 11.6. The highest BCUT2D eigenvalue weighted by Crippen LogP contribution is 2.19. The van der Waals surface area contributed by atoms with E-state index in [0.29, 0.717) is 11.4 Å². The predicted molar refractivity (Wildman–Crippen MR) is 90.2 cm³/mol. The molecule has 2 rings (SSSR count). The standard InChI is InChI=1S/C14H15N5O4S/c1-7(24-13-12(22)17-14(23)19-18-13)11(21)16-10-5-3-9(4-6-10)15-8(2)20/h3-7H,1-2H3,(H,15,20)(H,16,21)(H2,17,19,22,23). The van der Waals surface area contributed by atoms with Crippen molar-refractivity contribution in [2.45, 2.75) is 24.1 Å². The smallest absolute Gasteiger partial charge is 0.326 e. The number of amides is 2. The second kappa shape index (κ2) is 7.59. The van der Waals surface area contributed by atoms with Gasteiger partial charge in [0.2, 0.25) is 11.8 Å². The molecule has 1 heterocycles. The molecule has 126 valence electrons. The summed E-state index contributed by atoms with van der Waals surface area (Å²) in [6.45, 7) is 3.01. The Labute approximate surface area is 140 Å². The van der Waals surface area contributed by atoms with Gasteiger partial charge in [-0.15, -0.1) is 0 Å². The lowest BCUT2D eigenvalue weighted by atomic mass is 10.2. The van der Waals surface area contributed by atoms with Gasteiger partial charge in [-0.1, -0.05) is 11.8 Å². The van der Waals surface area contributed by atoms with Crippen LogP contribution in [0, 0.1) is 0 Å². The molecule has 1 aromatic heterocycles. The van der Waals surface area contributed by atoms with Crippen LogP contribution in [0.3, 0.4) is 0 Å². The summed E-state index contributed by atoms with van der Waals surface area (Å²) in [6.07, 6.45) is 0. The van der Waals surface area contributed by atoms with Gasteiger partial charge in [0.1, 0.15) is 0 Å². The van der Waals surface area contributed by atoms with E-state index in [-0.39, 0.29) is 16.8 Å². The molecular weight excluding hydrogens is 334 g/mol. The molecule has 0 saturated carbocycles. The van der Waals surface area contributed by atoms with Crippen LogP contribution in [-0.2, 0) is 9.59 Å². The number of benzene rings is 1. The molecule has 0 saturated heterocycles. The maximum atomic E-state index is 12.1. The fourth-order valence-electron chi connectivity index (χ4n) is 1.72. The molecule has 1 aromatic carbocycles. The highest BCUT2D eigenvalue weighted by Gasteiger charge is 2.17. The molecule has 0 spiro atoms. The Morgan fingerprint density at radius 3 is 2.25 bits per heavy atom. The van der Waals surface area contributed by atoms with Crippen molar-refractivity contribution >= 4 is 35.0 Å². The number of hydrogen-bond acceptors (Lipinski definition) is 6. The van der Waals surface area contributed by atoms with Gasteiger partial charge in [-0.3, -0.25) is 19.4 Å². The summed E-state index contributed by atoms with van der Waals surface area (Å²) in [5, 5.41) is 10.4. The lowest BCUT2D eigenvalue weighted by Crippen LogP contribution is -2.28. The molecule has 2 aromatic rings. The van der Waals surface area contributed by atoms with Crippen LogP contribution in [0.2, 0.25) is 0 Å². The number of carbonyl (C=O) groups excluding carboxylic acids is 2. The number of rotatable bonds is 5. The third-order valence-corrected chi connectivity index (χ3v) is 3.88. The molecule has 0 fully saturated rings. The van der Waals surface area contributed by atoms with Gasteiger partial charge in [0.25, 0.3) is 5.56 Å². The Morgan fingerprint density at radius 2 is 1.71 bits per heavy atom. The predicted octanol–water partition coefficient (Wildman–Crippen LogP) is 0.536. The quantitative estimate of drug-likeness (QED) is 0.581. The second-order valence-electron chi connectivity index (χ2n) is 4.82. The number of anilines is 2. The number of nitrogens with one attached hydrogen (secondary N) is 4. The summed E-state index contributed by atoms with van der Waals surface area (Å²) in [5.41, 5.74) is -0.194. The lowest BCUT2D eigenvalue weighted by molar-refractivity contribution is -0.115. The number of aromatic nitrogens is 3. The molecule has 0 aliphatic rings. The minimum Gasteiger partial charge on any atom is -0.326 e. The topological polar surface area (TPSA) is 137 Å². The Bertz CT molecular complexity index is 858. The molecule has 2 amide bonds. The Balaban J connectivity index is 1.99. The third kappa shape index (κ3) is 4.81. The van der Waals surface area contributed by atoms with Crippen LogP contribution in [0.15, 0.2) is 38.9 Å². The van der Waals surface area contributed by atoms with Gasteiger partial charge >= 0.3 is 5.69 Å². The van der Waals surface area contributed by atoms with E-state index in [2.05, 4.69) is 20.8 Å². The van der Waals surface area contributed by atoms with Crippen molar-refractivity contribution < 1.29 is 9.59 Å². The first-order chi connectivity index (χ1) is 11.3. The second-order valence-corrected chi connectivity index (χ2v) is 6.15. The van der Waals surface area contributed by atoms with Crippen molar-refractivity contribution in [3.8, 4) is 0 Å². The Hall–Kier alpha value is -2.88. The molecule has 4 N–H and O–H groups in total. The van der Waals surface area contributed by atoms with Crippen LogP contribution in [0.5, 0.6) is 0 Å². The van der Waals surface area contributed by atoms with Crippen LogP contribution in [-0.4, -0.2) is 32.2 Å². The van der Waals surface area contributed by atoms with Crippen molar-refractivity contribution in [3.05, 3.63) is 45.1 Å². The zero-order chi connectivity index (χ0) is 17.7. The Morgan fingerprint density at radius 1 is 1.12 bits per heavy atom. The fourth-order valence-corrected chi connectivity index (χ4v) is 2.48. The van der Waals surface area contributed by atoms with Crippen molar-refractivity contribution in [1.29, 1.82) is 0 Å². The summed E-state index contributed by atoms with van der Waals surface area (Å²) in [4.78, 5) is 47.6. The summed E-state index contributed by atoms with van der Waals surface area (Å²) in [5.74, 6) is -0.518. The van der Waals surface area contributed by atoms with E-state index in [9.17, 15) is 19.2 Å². The number of nitrogens with zero attached hydrogens (tertiary/aromatic N) is 1. The van der Waals surface area contributed by atoms with Crippen molar-refractivity contribution in [1.82, 2.24) is 15.2 Å². The lowest BCUT2D eigenvalue weighted by Gasteiger charge is -2.11. The molecule has 0 radical (unpaired) electrons. The minimum absolute atomic E-state index is 0.00161. The van der Waals surface area contributed by atoms with E-state index >= 15 is 0 Å². The average Bonchev–Trinajstić information content (AvgIpc) is 2.51. The largest absolute Gasteiger partial charge is 0.342 e. The van der Waals surface area contributed by atoms with E-state index in [1.54, 1.807) is 31.2 Å². The van der Waals surface area contributed by atoms with Gasteiger partial charge in [0, 0.05) is 18.3 Å². The van der Waals surface area contributed by atoms with Crippen molar-refractivity contribution in [2.75, 3.05) is 10.6 Å². The molecule has 1 atom stereocenters. The third-order valence-electron chi connectivity index (χ3n) is 2.81. The van der Waals surface area contributed by atoms with Crippen molar-refractivity contribution in [2.24, 2.45) is 0 Å². The van der Waals surface area contributed by atoms with Crippen LogP contribution >= 0.6 is 11.8 Å². The number of thioether (sulfide) groups is 1.